The third-order valence-electron chi connectivity index (χ3n) is 3.45. The van der Waals surface area contributed by atoms with Crippen LogP contribution in [0.15, 0.2) is 66.9 Å². The van der Waals surface area contributed by atoms with Crippen molar-refractivity contribution in [3.05, 3.63) is 88.0 Å². The van der Waals surface area contributed by atoms with E-state index >= 15 is 0 Å². The van der Waals surface area contributed by atoms with Crippen LogP contribution >= 0.6 is 23.2 Å². The standard InChI is InChI=1S/C19H16Cl2N2O/c20-16-6-4-14(5-7-16)13-24-18-9-8-17(21)11-15(18)12-23-19-3-1-2-10-22-19/h1-11H,12-13H2,(H,22,23). The minimum atomic E-state index is 0.468. The Morgan fingerprint density at radius 3 is 2.46 bits per heavy atom. The van der Waals surface area contributed by atoms with Crippen LogP contribution in [0.25, 0.3) is 0 Å². The Bertz CT molecular complexity index is 792. The van der Waals surface area contributed by atoms with Crippen molar-refractivity contribution in [1.29, 1.82) is 0 Å². The van der Waals surface area contributed by atoms with Gasteiger partial charge in [-0.05, 0) is 48.0 Å². The van der Waals surface area contributed by atoms with Gasteiger partial charge in [0.15, 0.2) is 0 Å². The van der Waals surface area contributed by atoms with E-state index in [4.69, 9.17) is 27.9 Å². The first-order valence-electron chi connectivity index (χ1n) is 7.51. The topological polar surface area (TPSA) is 34.1 Å². The van der Waals surface area contributed by atoms with Crippen LogP contribution in [-0.2, 0) is 13.2 Å². The van der Waals surface area contributed by atoms with Crippen LogP contribution in [0, 0.1) is 0 Å². The molecule has 0 spiro atoms. The van der Waals surface area contributed by atoms with E-state index in [9.17, 15) is 0 Å². The average Bonchev–Trinajstić information content (AvgIpc) is 2.61. The third kappa shape index (κ3) is 4.63. The van der Waals surface area contributed by atoms with E-state index in [1.54, 1.807) is 6.20 Å². The highest BCUT2D eigenvalue weighted by Gasteiger charge is 2.06. The number of nitrogens with one attached hydrogen (secondary N) is 1. The zero-order valence-electron chi connectivity index (χ0n) is 12.9. The Morgan fingerprint density at radius 2 is 1.71 bits per heavy atom. The number of benzene rings is 2. The molecule has 0 amide bonds. The van der Waals surface area contributed by atoms with E-state index in [0.29, 0.717) is 23.2 Å². The number of nitrogens with zero attached hydrogens (tertiary/aromatic N) is 1. The molecular formula is C19H16Cl2N2O. The zero-order valence-corrected chi connectivity index (χ0v) is 14.4. The fraction of sp³-hybridized carbons (Fsp3) is 0.105. The van der Waals surface area contributed by atoms with Gasteiger partial charge in [0.05, 0.1) is 0 Å². The van der Waals surface area contributed by atoms with Crippen molar-refractivity contribution < 1.29 is 4.74 Å². The van der Waals surface area contributed by atoms with E-state index in [1.165, 1.54) is 0 Å². The highest BCUT2D eigenvalue weighted by molar-refractivity contribution is 6.30. The number of rotatable bonds is 6. The van der Waals surface area contributed by atoms with Crippen molar-refractivity contribution in [2.24, 2.45) is 0 Å². The van der Waals surface area contributed by atoms with Gasteiger partial charge >= 0.3 is 0 Å². The van der Waals surface area contributed by atoms with Crippen molar-refractivity contribution >= 4 is 29.0 Å². The highest BCUT2D eigenvalue weighted by Crippen LogP contribution is 2.25. The maximum atomic E-state index is 6.12. The lowest BCUT2D eigenvalue weighted by molar-refractivity contribution is 0.303. The fourth-order valence-corrected chi connectivity index (χ4v) is 2.54. The summed E-state index contributed by atoms with van der Waals surface area (Å²) in [5.41, 5.74) is 2.03. The van der Waals surface area contributed by atoms with Gasteiger partial charge in [0, 0.05) is 28.4 Å². The molecule has 0 aliphatic carbocycles. The SMILES string of the molecule is Clc1ccc(COc2ccc(Cl)cc2CNc2ccccn2)cc1. The van der Waals surface area contributed by atoms with Crippen LogP contribution in [0.4, 0.5) is 5.82 Å². The molecule has 122 valence electrons. The molecule has 0 bridgehead atoms. The minimum Gasteiger partial charge on any atom is -0.489 e. The number of halogens is 2. The fourth-order valence-electron chi connectivity index (χ4n) is 2.22. The van der Waals surface area contributed by atoms with Gasteiger partial charge in [-0.3, -0.25) is 0 Å². The summed E-state index contributed by atoms with van der Waals surface area (Å²) in [4.78, 5) is 4.25. The molecule has 5 heteroatoms. The number of ether oxygens (including phenoxy) is 1. The molecule has 0 saturated carbocycles. The van der Waals surface area contributed by atoms with E-state index in [0.717, 1.165) is 22.7 Å². The first-order valence-corrected chi connectivity index (χ1v) is 8.27. The van der Waals surface area contributed by atoms with Crippen LogP contribution in [0.1, 0.15) is 11.1 Å². The van der Waals surface area contributed by atoms with E-state index in [1.807, 2.05) is 60.7 Å². The van der Waals surface area contributed by atoms with Crippen molar-refractivity contribution in [3.8, 4) is 5.75 Å². The maximum Gasteiger partial charge on any atom is 0.126 e. The van der Waals surface area contributed by atoms with Crippen molar-refractivity contribution in [2.45, 2.75) is 13.2 Å². The molecular weight excluding hydrogens is 343 g/mol. The largest absolute Gasteiger partial charge is 0.489 e. The normalized spacial score (nSPS) is 10.4. The maximum absolute atomic E-state index is 6.12. The summed E-state index contributed by atoms with van der Waals surface area (Å²) in [6.07, 6.45) is 1.75. The average molecular weight is 359 g/mol. The van der Waals surface area contributed by atoms with E-state index < -0.39 is 0 Å². The van der Waals surface area contributed by atoms with E-state index in [-0.39, 0.29) is 0 Å². The second-order valence-corrected chi connectivity index (χ2v) is 6.11. The predicted molar refractivity (Wildman–Crippen MR) is 98.8 cm³/mol. The summed E-state index contributed by atoms with van der Waals surface area (Å²) in [7, 11) is 0. The van der Waals surface area contributed by atoms with Gasteiger partial charge in [0.2, 0.25) is 0 Å². The molecule has 0 unspecified atom stereocenters. The Labute approximate surface area is 151 Å². The number of pyridine rings is 1. The van der Waals surface area contributed by atoms with Gasteiger partial charge in [0.1, 0.15) is 18.2 Å². The van der Waals surface area contributed by atoms with Gasteiger partial charge in [-0.2, -0.15) is 0 Å². The lowest BCUT2D eigenvalue weighted by Crippen LogP contribution is -2.04. The molecule has 0 radical (unpaired) electrons. The first-order chi connectivity index (χ1) is 11.7. The van der Waals surface area contributed by atoms with Crippen LogP contribution in [0.5, 0.6) is 5.75 Å². The summed E-state index contributed by atoms with van der Waals surface area (Å²) in [5.74, 6) is 1.60. The number of hydrogen-bond acceptors (Lipinski definition) is 3. The third-order valence-corrected chi connectivity index (χ3v) is 3.94. The van der Waals surface area contributed by atoms with Crippen molar-refractivity contribution in [1.82, 2.24) is 4.98 Å². The van der Waals surface area contributed by atoms with Gasteiger partial charge < -0.3 is 10.1 Å². The Kier molecular flexibility index (Phi) is 5.57. The molecule has 0 fully saturated rings. The van der Waals surface area contributed by atoms with Gasteiger partial charge in [0.25, 0.3) is 0 Å². The molecule has 0 saturated heterocycles. The Balaban J connectivity index is 1.69. The lowest BCUT2D eigenvalue weighted by atomic mass is 10.2. The van der Waals surface area contributed by atoms with Gasteiger partial charge in [-0.15, -0.1) is 0 Å². The summed E-state index contributed by atoms with van der Waals surface area (Å²) >= 11 is 12.0. The highest BCUT2D eigenvalue weighted by atomic mass is 35.5. The van der Waals surface area contributed by atoms with Crippen molar-refractivity contribution in [2.75, 3.05) is 5.32 Å². The number of anilines is 1. The van der Waals surface area contributed by atoms with Crippen LogP contribution in [0.2, 0.25) is 10.0 Å². The molecule has 1 heterocycles. The molecule has 0 aliphatic heterocycles. The molecule has 3 nitrogen and oxygen atoms in total. The monoisotopic (exact) mass is 358 g/mol. The smallest absolute Gasteiger partial charge is 0.126 e. The van der Waals surface area contributed by atoms with Crippen LogP contribution in [0.3, 0.4) is 0 Å². The molecule has 24 heavy (non-hydrogen) atoms. The summed E-state index contributed by atoms with van der Waals surface area (Å²) in [6.45, 7) is 1.04. The first kappa shape index (κ1) is 16.6. The predicted octanol–water partition coefficient (Wildman–Crippen LogP) is 5.58. The quantitative estimate of drug-likeness (QED) is 0.624. The van der Waals surface area contributed by atoms with Gasteiger partial charge in [-0.25, -0.2) is 4.98 Å². The number of hydrogen-bond donors (Lipinski definition) is 1. The molecule has 0 atom stereocenters. The molecule has 1 N–H and O–H groups in total. The van der Waals surface area contributed by atoms with Crippen LogP contribution < -0.4 is 10.1 Å². The van der Waals surface area contributed by atoms with E-state index in [2.05, 4.69) is 10.3 Å². The zero-order chi connectivity index (χ0) is 16.8. The summed E-state index contributed by atoms with van der Waals surface area (Å²) in [6, 6.07) is 18.9. The number of aromatic nitrogens is 1. The molecule has 3 aromatic rings. The Hall–Kier alpha value is -2.23. The molecule has 0 aliphatic rings. The van der Waals surface area contributed by atoms with Crippen LogP contribution in [-0.4, -0.2) is 4.98 Å². The minimum absolute atomic E-state index is 0.468. The lowest BCUT2D eigenvalue weighted by Gasteiger charge is -2.13. The molecule has 1 aromatic heterocycles. The molecule has 2 aromatic carbocycles. The molecule has 3 rings (SSSR count). The second-order valence-electron chi connectivity index (χ2n) is 5.24. The summed E-state index contributed by atoms with van der Waals surface area (Å²) in [5, 5.41) is 4.65. The van der Waals surface area contributed by atoms with Gasteiger partial charge in [-0.1, -0.05) is 41.4 Å². The summed E-state index contributed by atoms with van der Waals surface area (Å²) < 4.78 is 5.94. The van der Waals surface area contributed by atoms with Crippen molar-refractivity contribution in [3.63, 3.8) is 0 Å². The Morgan fingerprint density at radius 1 is 0.917 bits per heavy atom. The second kappa shape index (κ2) is 8.04.